The molecule has 1 aromatic carbocycles. The molecule has 3 heterocycles. The Bertz CT molecular complexity index is 525. The number of nitrogens with zero attached hydrogens (tertiary/aromatic N) is 2. The zero-order valence-corrected chi connectivity index (χ0v) is 13.0. The molecule has 0 spiro atoms. The van der Waals surface area contributed by atoms with Crippen LogP contribution in [0.1, 0.15) is 32.3 Å². The highest BCUT2D eigenvalue weighted by molar-refractivity contribution is 5.76. The molecule has 3 heteroatoms. The first-order valence-corrected chi connectivity index (χ1v) is 7.94. The van der Waals surface area contributed by atoms with E-state index in [0.29, 0.717) is 24.4 Å². The number of benzene rings is 1. The van der Waals surface area contributed by atoms with Crippen LogP contribution in [0.15, 0.2) is 36.4 Å². The summed E-state index contributed by atoms with van der Waals surface area (Å²) in [5, 5.41) is 0. The number of hydrogen-bond acceptors (Lipinski definition) is 2. The number of carbonyl (C=O) groups excluding carboxylic acids is 1. The zero-order valence-electron chi connectivity index (χ0n) is 13.0. The van der Waals surface area contributed by atoms with E-state index in [1.807, 2.05) is 11.8 Å². The van der Waals surface area contributed by atoms with Crippen molar-refractivity contribution in [3.8, 4) is 0 Å². The first-order valence-electron chi connectivity index (χ1n) is 7.94. The highest BCUT2D eigenvalue weighted by atomic mass is 16.2. The Morgan fingerprint density at radius 1 is 1.24 bits per heavy atom. The van der Waals surface area contributed by atoms with Crippen LogP contribution in [0.5, 0.6) is 0 Å². The molecule has 1 amide bonds. The molecule has 0 N–H and O–H groups in total. The Morgan fingerprint density at radius 2 is 1.90 bits per heavy atom. The molecule has 3 fully saturated rings. The van der Waals surface area contributed by atoms with Gasteiger partial charge in [-0.05, 0) is 24.5 Å². The van der Waals surface area contributed by atoms with Crippen LogP contribution in [0.3, 0.4) is 0 Å². The Labute approximate surface area is 127 Å². The summed E-state index contributed by atoms with van der Waals surface area (Å²) < 4.78 is 0. The Balaban J connectivity index is 1.58. The largest absolute Gasteiger partial charge is 0.340 e. The van der Waals surface area contributed by atoms with E-state index < -0.39 is 0 Å². The molecule has 0 saturated carbocycles. The van der Waals surface area contributed by atoms with Gasteiger partial charge in [0, 0.05) is 38.1 Å². The molecule has 2 bridgehead atoms. The SMILES string of the molecule is CCC(=O)N1CC2CC(C1)N2C/C=C(/C)c1ccccc1. The minimum Gasteiger partial charge on any atom is -0.340 e. The smallest absolute Gasteiger partial charge is 0.222 e. The van der Waals surface area contributed by atoms with Crippen LogP contribution in [0, 0.1) is 0 Å². The van der Waals surface area contributed by atoms with Crippen LogP contribution >= 0.6 is 0 Å². The summed E-state index contributed by atoms with van der Waals surface area (Å²) in [6.45, 7) is 6.97. The summed E-state index contributed by atoms with van der Waals surface area (Å²) >= 11 is 0. The van der Waals surface area contributed by atoms with Gasteiger partial charge < -0.3 is 4.90 Å². The zero-order chi connectivity index (χ0) is 14.8. The van der Waals surface area contributed by atoms with Crippen molar-refractivity contribution in [1.29, 1.82) is 0 Å². The Kier molecular flexibility index (Phi) is 4.11. The molecule has 2 unspecified atom stereocenters. The lowest BCUT2D eigenvalue weighted by Gasteiger charge is -2.56. The molecule has 0 radical (unpaired) electrons. The lowest BCUT2D eigenvalue weighted by Crippen LogP contribution is -2.69. The van der Waals surface area contributed by atoms with E-state index in [1.165, 1.54) is 17.6 Å². The van der Waals surface area contributed by atoms with E-state index in [0.717, 1.165) is 19.6 Å². The van der Waals surface area contributed by atoms with E-state index in [1.54, 1.807) is 0 Å². The average molecular weight is 284 g/mol. The van der Waals surface area contributed by atoms with Crippen molar-refractivity contribution in [2.24, 2.45) is 0 Å². The molecule has 3 nitrogen and oxygen atoms in total. The second-order valence-corrected chi connectivity index (χ2v) is 6.15. The number of fused-ring (bicyclic) bond motifs is 2. The van der Waals surface area contributed by atoms with Crippen LogP contribution in [-0.4, -0.2) is 47.4 Å². The van der Waals surface area contributed by atoms with Crippen molar-refractivity contribution in [1.82, 2.24) is 9.80 Å². The van der Waals surface area contributed by atoms with Crippen molar-refractivity contribution in [2.45, 2.75) is 38.8 Å². The van der Waals surface area contributed by atoms with Gasteiger partial charge in [0.05, 0.1) is 0 Å². The Hall–Kier alpha value is -1.61. The fourth-order valence-electron chi connectivity index (χ4n) is 3.47. The minimum atomic E-state index is 0.306. The number of amides is 1. The maximum absolute atomic E-state index is 11.8. The molecule has 21 heavy (non-hydrogen) atoms. The summed E-state index contributed by atoms with van der Waals surface area (Å²) in [4.78, 5) is 16.4. The second kappa shape index (κ2) is 6.02. The third-order valence-corrected chi connectivity index (χ3v) is 4.84. The summed E-state index contributed by atoms with van der Waals surface area (Å²) in [6.07, 6.45) is 4.21. The average Bonchev–Trinajstić information content (AvgIpc) is 2.54. The van der Waals surface area contributed by atoms with Gasteiger partial charge in [-0.2, -0.15) is 0 Å². The number of piperazine rings is 1. The molecule has 4 rings (SSSR count). The van der Waals surface area contributed by atoms with Gasteiger partial charge in [0.2, 0.25) is 5.91 Å². The second-order valence-electron chi connectivity index (χ2n) is 6.15. The first-order chi connectivity index (χ1) is 10.2. The van der Waals surface area contributed by atoms with Gasteiger partial charge in [-0.3, -0.25) is 9.69 Å². The van der Waals surface area contributed by atoms with E-state index in [9.17, 15) is 4.79 Å². The van der Waals surface area contributed by atoms with Crippen molar-refractivity contribution < 1.29 is 4.79 Å². The van der Waals surface area contributed by atoms with Crippen molar-refractivity contribution in [2.75, 3.05) is 19.6 Å². The van der Waals surface area contributed by atoms with Gasteiger partial charge in [-0.1, -0.05) is 43.3 Å². The summed E-state index contributed by atoms with van der Waals surface area (Å²) in [5.74, 6) is 0.306. The van der Waals surface area contributed by atoms with E-state index in [-0.39, 0.29) is 0 Å². The third-order valence-electron chi connectivity index (χ3n) is 4.84. The predicted octanol–water partition coefficient (Wildman–Crippen LogP) is 2.79. The van der Waals surface area contributed by atoms with Gasteiger partial charge in [0.15, 0.2) is 0 Å². The summed E-state index contributed by atoms with van der Waals surface area (Å²) in [5.41, 5.74) is 2.63. The number of carbonyl (C=O) groups is 1. The fraction of sp³-hybridized carbons (Fsp3) is 0.500. The lowest BCUT2D eigenvalue weighted by atomic mass is 9.87. The molecule has 1 aromatic rings. The number of rotatable bonds is 4. The molecule has 2 atom stereocenters. The number of allylic oxidation sites excluding steroid dienone is 1. The van der Waals surface area contributed by atoms with Crippen molar-refractivity contribution in [3.05, 3.63) is 42.0 Å². The van der Waals surface area contributed by atoms with Gasteiger partial charge >= 0.3 is 0 Å². The van der Waals surface area contributed by atoms with Crippen LogP contribution in [-0.2, 0) is 4.79 Å². The highest BCUT2D eigenvalue weighted by Crippen LogP contribution is 2.32. The molecular formula is C18H24N2O. The first kappa shape index (κ1) is 14.3. The quantitative estimate of drug-likeness (QED) is 0.849. The summed E-state index contributed by atoms with van der Waals surface area (Å²) in [6, 6.07) is 11.7. The van der Waals surface area contributed by atoms with Crippen LogP contribution in [0.25, 0.3) is 5.57 Å². The molecule has 3 saturated heterocycles. The fourth-order valence-corrected chi connectivity index (χ4v) is 3.47. The maximum Gasteiger partial charge on any atom is 0.222 e. The minimum absolute atomic E-state index is 0.306. The summed E-state index contributed by atoms with van der Waals surface area (Å²) in [7, 11) is 0. The monoisotopic (exact) mass is 284 g/mol. The molecule has 3 aliphatic heterocycles. The molecule has 0 aliphatic carbocycles. The van der Waals surface area contributed by atoms with Gasteiger partial charge in [-0.25, -0.2) is 0 Å². The molecule has 0 aromatic heterocycles. The number of piperidine rings is 1. The molecular weight excluding hydrogens is 260 g/mol. The van der Waals surface area contributed by atoms with Crippen LogP contribution in [0.2, 0.25) is 0 Å². The van der Waals surface area contributed by atoms with E-state index >= 15 is 0 Å². The predicted molar refractivity (Wildman–Crippen MR) is 85.9 cm³/mol. The molecule has 112 valence electrons. The van der Waals surface area contributed by atoms with Gasteiger partial charge in [-0.15, -0.1) is 0 Å². The normalized spacial score (nSPS) is 25.6. The van der Waals surface area contributed by atoms with Crippen molar-refractivity contribution >= 4 is 11.5 Å². The van der Waals surface area contributed by atoms with Crippen LogP contribution in [0.4, 0.5) is 0 Å². The van der Waals surface area contributed by atoms with Crippen molar-refractivity contribution in [3.63, 3.8) is 0 Å². The van der Waals surface area contributed by atoms with Crippen LogP contribution < -0.4 is 0 Å². The Morgan fingerprint density at radius 3 is 2.52 bits per heavy atom. The highest BCUT2D eigenvalue weighted by Gasteiger charge is 2.44. The standard InChI is InChI=1S/C18H24N2O/c1-3-18(21)19-12-16-11-17(13-19)20(16)10-9-14(2)15-7-5-4-6-8-15/h4-9,16-17H,3,10-13H2,1-2H3/b14-9-. The topological polar surface area (TPSA) is 23.6 Å². The van der Waals surface area contributed by atoms with Gasteiger partial charge in [0.1, 0.15) is 0 Å². The van der Waals surface area contributed by atoms with E-state index in [4.69, 9.17) is 0 Å². The van der Waals surface area contributed by atoms with Gasteiger partial charge in [0.25, 0.3) is 0 Å². The third kappa shape index (κ3) is 2.88. The number of hydrogen-bond donors (Lipinski definition) is 0. The maximum atomic E-state index is 11.8. The van der Waals surface area contributed by atoms with E-state index in [2.05, 4.69) is 48.2 Å². The lowest BCUT2D eigenvalue weighted by molar-refractivity contribution is -0.142. The molecule has 3 aliphatic rings.